The van der Waals surface area contributed by atoms with Crippen LogP contribution in [0.15, 0.2) is 42.6 Å². The van der Waals surface area contributed by atoms with Crippen LogP contribution in [0.1, 0.15) is 35.7 Å². The van der Waals surface area contributed by atoms with Gasteiger partial charge in [0, 0.05) is 36.5 Å². The maximum absolute atomic E-state index is 13.0. The number of carbonyl (C=O) groups is 2. The van der Waals surface area contributed by atoms with Gasteiger partial charge < -0.3 is 10.6 Å². The summed E-state index contributed by atoms with van der Waals surface area (Å²) in [6.07, 6.45) is 2.49. The highest BCUT2D eigenvalue weighted by Gasteiger charge is 2.07. The topological polar surface area (TPSA) is 71.1 Å². The SMILES string of the molecule is CCCC(=O)Nc1cccc(CNC(=O)c2ccnc(F)c2)c1. The van der Waals surface area contributed by atoms with E-state index in [1.807, 2.05) is 13.0 Å². The van der Waals surface area contributed by atoms with Crippen molar-refractivity contribution in [1.29, 1.82) is 0 Å². The first-order chi connectivity index (χ1) is 11.1. The Balaban J connectivity index is 1.95. The zero-order chi connectivity index (χ0) is 16.7. The molecule has 1 aromatic carbocycles. The molecule has 2 amide bonds. The van der Waals surface area contributed by atoms with Crippen LogP contribution in [0.3, 0.4) is 0 Å². The summed E-state index contributed by atoms with van der Waals surface area (Å²) in [5, 5.41) is 5.50. The summed E-state index contributed by atoms with van der Waals surface area (Å²) >= 11 is 0. The molecule has 2 rings (SSSR count). The summed E-state index contributed by atoms with van der Waals surface area (Å²) in [6, 6.07) is 9.74. The van der Waals surface area contributed by atoms with E-state index in [1.165, 1.54) is 12.3 Å². The monoisotopic (exact) mass is 315 g/mol. The van der Waals surface area contributed by atoms with E-state index in [-0.39, 0.29) is 23.9 Å². The molecular weight excluding hydrogens is 297 g/mol. The molecule has 0 aliphatic rings. The van der Waals surface area contributed by atoms with Gasteiger partial charge in [0.25, 0.3) is 5.91 Å². The predicted molar refractivity (Wildman–Crippen MR) is 85.3 cm³/mol. The number of benzene rings is 1. The highest BCUT2D eigenvalue weighted by atomic mass is 19.1. The molecule has 0 atom stereocenters. The van der Waals surface area contributed by atoms with Crippen LogP contribution < -0.4 is 10.6 Å². The number of anilines is 1. The maximum atomic E-state index is 13.0. The highest BCUT2D eigenvalue weighted by Crippen LogP contribution is 2.11. The van der Waals surface area contributed by atoms with E-state index < -0.39 is 5.95 Å². The number of halogens is 1. The average Bonchev–Trinajstić information content (AvgIpc) is 2.53. The van der Waals surface area contributed by atoms with Crippen molar-refractivity contribution in [2.45, 2.75) is 26.3 Å². The molecule has 0 aliphatic carbocycles. The number of rotatable bonds is 6. The number of aromatic nitrogens is 1. The van der Waals surface area contributed by atoms with E-state index in [9.17, 15) is 14.0 Å². The van der Waals surface area contributed by atoms with Crippen LogP contribution in [0.4, 0.5) is 10.1 Å². The quantitative estimate of drug-likeness (QED) is 0.805. The molecule has 2 aromatic rings. The first-order valence-corrected chi connectivity index (χ1v) is 7.37. The fraction of sp³-hybridized carbons (Fsp3) is 0.235. The van der Waals surface area contributed by atoms with E-state index >= 15 is 0 Å². The fourth-order valence-corrected chi connectivity index (χ4v) is 2.04. The summed E-state index contributed by atoms with van der Waals surface area (Å²) in [5.74, 6) is -1.12. The largest absolute Gasteiger partial charge is 0.348 e. The summed E-state index contributed by atoms with van der Waals surface area (Å²) in [6.45, 7) is 2.22. The lowest BCUT2D eigenvalue weighted by molar-refractivity contribution is -0.116. The molecule has 0 spiro atoms. The number of nitrogens with one attached hydrogen (secondary N) is 2. The maximum Gasteiger partial charge on any atom is 0.251 e. The molecule has 120 valence electrons. The molecule has 2 N–H and O–H groups in total. The Morgan fingerprint density at radius 1 is 1.22 bits per heavy atom. The third-order valence-electron chi connectivity index (χ3n) is 3.13. The zero-order valence-electron chi connectivity index (χ0n) is 12.8. The normalized spacial score (nSPS) is 10.2. The van der Waals surface area contributed by atoms with Gasteiger partial charge in [0.1, 0.15) is 0 Å². The van der Waals surface area contributed by atoms with Gasteiger partial charge in [-0.15, -0.1) is 0 Å². The summed E-state index contributed by atoms with van der Waals surface area (Å²) in [4.78, 5) is 26.9. The minimum Gasteiger partial charge on any atom is -0.348 e. The lowest BCUT2D eigenvalue weighted by Gasteiger charge is -2.08. The van der Waals surface area contributed by atoms with E-state index in [0.717, 1.165) is 18.1 Å². The Morgan fingerprint density at radius 3 is 2.78 bits per heavy atom. The second-order valence-electron chi connectivity index (χ2n) is 5.05. The van der Waals surface area contributed by atoms with Crippen molar-refractivity contribution in [3.63, 3.8) is 0 Å². The molecule has 0 saturated heterocycles. The first-order valence-electron chi connectivity index (χ1n) is 7.37. The van der Waals surface area contributed by atoms with Crippen molar-refractivity contribution >= 4 is 17.5 Å². The van der Waals surface area contributed by atoms with E-state index in [0.29, 0.717) is 12.1 Å². The van der Waals surface area contributed by atoms with E-state index in [1.54, 1.807) is 18.2 Å². The van der Waals surface area contributed by atoms with Crippen molar-refractivity contribution in [3.8, 4) is 0 Å². The molecule has 1 heterocycles. The van der Waals surface area contributed by atoms with Crippen LogP contribution in [0, 0.1) is 5.95 Å². The average molecular weight is 315 g/mol. The Labute approximate surface area is 133 Å². The lowest BCUT2D eigenvalue weighted by Crippen LogP contribution is -2.23. The van der Waals surface area contributed by atoms with Crippen molar-refractivity contribution in [2.75, 3.05) is 5.32 Å². The van der Waals surface area contributed by atoms with Crippen molar-refractivity contribution in [2.24, 2.45) is 0 Å². The smallest absolute Gasteiger partial charge is 0.251 e. The van der Waals surface area contributed by atoms with Crippen LogP contribution >= 0.6 is 0 Å². The van der Waals surface area contributed by atoms with Crippen LogP contribution in [0.5, 0.6) is 0 Å². The molecule has 6 heteroatoms. The molecule has 0 fully saturated rings. The van der Waals surface area contributed by atoms with Crippen molar-refractivity contribution in [3.05, 3.63) is 59.7 Å². The summed E-state index contributed by atoms with van der Waals surface area (Å²) in [5.41, 5.74) is 1.73. The number of hydrogen-bond donors (Lipinski definition) is 2. The zero-order valence-corrected chi connectivity index (χ0v) is 12.8. The van der Waals surface area contributed by atoms with Crippen molar-refractivity contribution < 1.29 is 14.0 Å². The summed E-state index contributed by atoms with van der Waals surface area (Å²) in [7, 11) is 0. The Bertz CT molecular complexity index is 704. The Morgan fingerprint density at radius 2 is 2.04 bits per heavy atom. The van der Waals surface area contributed by atoms with Gasteiger partial charge in [-0.05, 0) is 30.2 Å². The lowest BCUT2D eigenvalue weighted by atomic mass is 10.2. The second kappa shape index (κ2) is 8.03. The number of amides is 2. The third-order valence-corrected chi connectivity index (χ3v) is 3.13. The predicted octanol–water partition coefficient (Wildman–Crippen LogP) is 2.89. The molecule has 0 bridgehead atoms. The van der Waals surface area contributed by atoms with Gasteiger partial charge in [0.15, 0.2) is 0 Å². The van der Waals surface area contributed by atoms with Gasteiger partial charge in [-0.3, -0.25) is 9.59 Å². The van der Waals surface area contributed by atoms with Gasteiger partial charge in [-0.1, -0.05) is 19.1 Å². The first kappa shape index (κ1) is 16.6. The molecule has 1 aromatic heterocycles. The minimum atomic E-state index is -0.696. The van der Waals surface area contributed by atoms with Gasteiger partial charge in [-0.2, -0.15) is 4.39 Å². The van der Waals surface area contributed by atoms with Crippen LogP contribution in [0.25, 0.3) is 0 Å². The van der Waals surface area contributed by atoms with Gasteiger partial charge in [0.05, 0.1) is 0 Å². The fourth-order valence-electron chi connectivity index (χ4n) is 2.04. The molecule has 5 nitrogen and oxygen atoms in total. The Hall–Kier alpha value is -2.76. The highest BCUT2D eigenvalue weighted by molar-refractivity contribution is 5.94. The third kappa shape index (κ3) is 5.18. The standard InChI is InChI=1S/C17H18FN3O2/c1-2-4-16(22)21-14-6-3-5-12(9-14)11-20-17(23)13-7-8-19-15(18)10-13/h3,5-10H,2,4,11H2,1H3,(H,20,23)(H,21,22). The molecule has 0 radical (unpaired) electrons. The number of hydrogen-bond acceptors (Lipinski definition) is 3. The van der Waals surface area contributed by atoms with Crippen LogP contribution in [-0.4, -0.2) is 16.8 Å². The Kier molecular flexibility index (Phi) is 5.80. The molecule has 0 saturated carbocycles. The summed E-state index contributed by atoms with van der Waals surface area (Å²) < 4.78 is 13.0. The number of nitrogens with zero attached hydrogens (tertiary/aromatic N) is 1. The second-order valence-corrected chi connectivity index (χ2v) is 5.05. The number of carbonyl (C=O) groups excluding carboxylic acids is 2. The van der Waals surface area contributed by atoms with E-state index in [2.05, 4.69) is 15.6 Å². The molecule has 0 aliphatic heterocycles. The van der Waals surface area contributed by atoms with Gasteiger partial charge in [0.2, 0.25) is 11.9 Å². The van der Waals surface area contributed by atoms with Gasteiger partial charge >= 0.3 is 0 Å². The van der Waals surface area contributed by atoms with Gasteiger partial charge in [-0.25, -0.2) is 4.98 Å². The van der Waals surface area contributed by atoms with Crippen LogP contribution in [0.2, 0.25) is 0 Å². The molecule has 0 unspecified atom stereocenters. The number of pyridine rings is 1. The van der Waals surface area contributed by atoms with E-state index in [4.69, 9.17) is 0 Å². The van der Waals surface area contributed by atoms with Crippen LogP contribution in [-0.2, 0) is 11.3 Å². The molecule has 23 heavy (non-hydrogen) atoms. The molecular formula is C17H18FN3O2. The van der Waals surface area contributed by atoms with Crippen molar-refractivity contribution in [1.82, 2.24) is 10.3 Å². The minimum absolute atomic E-state index is 0.0408.